The summed E-state index contributed by atoms with van der Waals surface area (Å²) in [5, 5.41) is 15.9. The van der Waals surface area contributed by atoms with Crippen LogP contribution in [0.1, 0.15) is 16.8 Å². The molecule has 10 heteroatoms. The third-order valence-electron chi connectivity index (χ3n) is 3.32. The molecule has 4 nitrogen and oxygen atoms in total. The van der Waals surface area contributed by atoms with Crippen LogP contribution in [0.2, 0.25) is 0 Å². The second kappa shape index (κ2) is 7.44. The number of rotatable bonds is 6. The van der Waals surface area contributed by atoms with Crippen LogP contribution in [-0.2, 0) is 25.4 Å². The van der Waals surface area contributed by atoms with Gasteiger partial charge in [0, 0.05) is 19.3 Å². The molecule has 0 radical (unpaired) electrons. The summed E-state index contributed by atoms with van der Waals surface area (Å²) >= 11 is 0. The van der Waals surface area contributed by atoms with Gasteiger partial charge in [0.1, 0.15) is 0 Å². The van der Waals surface area contributed by atoms with E-state index in [-0.39, 0.29) is 19.6 Å². The minimum atomic E-state index is -4.54. The second-order valence-corrected chi connectivity index (χ2v) is 5.40. The molecule has 2 N–H and O–H groups in total. The van der Waals surface area contributed by atoms with Crippen molar-refractivity contribution in [1.29, 1.82) is 0 Å². The monoisotopic (exact) mass is 367 g/mol. The van der Waals surface area contributed by atoms with Gasteiger partial charge < -0.3 is 10.4 Å². The molecule has 0 saturated heterocycles. The molecular formula is C15H15F6N3O. The van der Waals surface area contributed by atoms with Crippen LogP contribution in [0.3, 0.4) is 0 Å². The second-order valence-electron chi connectivity index (χ2n) is 5.40. The summed E-state index contributed by atoms with van der Waals surface area (Å²) < 4.78 is 75.5. The Bertz CT molecular complexity index is 678. The van der Waals surface area contributed by atoms with Gasteiger partial charge in [-0.1, -0.05) is 12.1 Å². The minimum absolute atomic E-state index is 0.0439. The van der Waals surface area contributed by atoms with Gasteiger partial charge in [0.05, 0.1) is 18.2 Å². The third kappa shape index (κ3) is 5.75. The Morgan fingerprint density at radius 3 is 2.16 bits per heavy atom. The molecule has 1 aromatic heterocycles. The van der Waals surface area contributed by atoms with E-state index >= 15 is 0 Å². The Kier molecular flexibility index (Phi) is 5.73. The van der Waals surface area contributed by atoms with E-state index in [9.17, 15) is 31.4 Å². The van der Waals surface area contributed by atoms with Gasteiger partial charge in [-0.15, -0.1) is 0 Å². The number of nitrogens with one attached hydrogen (secondary N) is 1. The lowest BCUT2D eigenvalue weighted by atomic mass is 10.1. The highest BCUT2D eigenvalue weighted by molar-refractivity contribution is 5.24. The molecule has 0 amide bonds. The number of aliphatic hydroxyl groups is 1. The topological polar surface area (TPSA) is 50.1 Å². The average molecular weight is 367 g/mol. The Morgan fingerprint density at radius 1 is 1.00 bits per heavy atom. The Balaban J connectivity index is 1.78. The van der Waals surface area contributed by atoms with Crippen molar-refractivity contribution in [2.45, 2.75) is 31.5 Å². The average Bonchev–Trinajstić information content (AvgIpc) is 2.95. The van der Waals surface area contributed by atoms with Crippen molar-refractivity contribution in [2.75, 3.05) is 6.54 Å². The molecule has 138 valence electrons. The molecule has 0 unspecified atom stereocenters. The predicted molar refractivity (Wildman–Crippen MR) is 76.4 cm³/mol. The molecule has 0 aliphatic rings. The summed E-state index contributed by atoms with van der Waals surface area (Å²) in [6.07, 6.45) is -8.84. The van der Waals surface area contributed by atoms with Gasteiger partial charge in [-0.05, 0) is 23.8 Å². The van der Waals surface area contributed by atoms with Crippen LogP contribution in [-0.4, -0.2) is 27.5 Å². The number of alkyl halides is 6. The molecule has 0 spiro atoms. The van der Waals surface area contributed by atoms with E-state index < -0.39 is 29.7 Å². The summed E-state index contributed by atoms with van der Waals surface area (Å²) in [4.78, 5) is 0. The first kappa shape index (κ1) is 19.3. The number of aliphatic hydroxyl groups excluding tert-OH is 1. The lowest BCUT2D eigenvalue weighted by Gasteiger charge is -2.13. The number of aromatic nitrogens is 2. The molecule has 0 aliphatic carbocycles. The van der Waals surface area contributed by atoms with Crippen LogP contribution in [0.4, 0.5) is 26.3 Å². The summed E-state index contributed by atoms with van der Waals surface area (Å²) in [7, 11) is 0. The van der Waals surface area contributed by atoms with E-state index in [1.165, 1.54) is 12.1 Å². The highest BCUT2D eigenvalue weighted by Gasteiger charge is 2.33. The molecule has 2 rings (SSSR count). The maximum absolute atomic E-state index is 12.4. The molecule has 0 fully saturated rings. The predicted octanol–water partition coefficient (Wildman–Crippen LogP) is 3.07. The fourth-order valence-electron chi connectivity index (χ4n) is 2.09. The first-order valence-electron chi connectivity index (χ1n) is 7.21. The van der Waals surface area contributed by atoms with E-state index in [4.69, 9.17) is 0 Å². The van der Waals surface area contributed by atoms with Gasteiger partial charge in [0.25, 0.3) is 0 Å². The third-order valence-corrected chi connectivity index (χ3v) is 3.32. The van der Waals surface area contributed by atoms with Crippen molar-refractivity contribution >= 4 is 0 Å². The van der Waals surface area contributed by atoms with E-state index in [0.717, 1.165) is 29.1 Å². The lowest BCUT2D eigenvalue weighted by molar-refractivity contribution is -0.141. The number of hydrogen-bond acceptors (Lipinski definition) is 3. The van der Waals surface area contributed by atoms with Crippen molar-refractivity contribution in [1.82, 2.24) is 15.1 Å². The summed E-state index contributed by atoms with van der Waals surface area (Å²) in [5.74, 6) is 0. The molecule has 2 aromatic rings. The normalized spacial score (nSPS) is 13.9. The van der Waals surface area contributed by atoms with Crippen LogP contribution in [0, 0.1) is 0 Å². The Hall–Kier alpha value is -2.07. The van der Waals surface area contributed by atoms with Gasteiger partial charge in [-0.3, -0.25) is 4.68 Å². The van der Waals surface area contributed by atoms with Crippen molar-refractivity contribution in [3.05, 3.63) is 53.3 Å². The van der Waals surface area contributed by atoms with Gasteiger partial charge in [0.2, 0.25) is 0 Å². The van der Waals surface area contributed by atoms with E-state index in [1.807, 2.05) is 0 Å². The molecule has 1 aromatic carbocycles. The summed E-state index contributed by atoms with van der Waals surface area (Å²) in [6, 6.07) is 5.34. The highest BCUT2D eigenvalue weighted by Crippen LogP contribution is 2.29. The zero-order valence-corrected chi connectivity index (χ0v) is 12.8. The number of nitrogens with zero attached hydrogens (tertiary/aromatic N) is 2. The lowest BCUT2D eigenvalue weighted by Crippen LogP contribution is -2.30. The van der Waals surface area contributed by atoms with Crippen LogP contribution < -0.4 is 5.32 Å². The first-order chi connectivity index (χ1) is 11.6. The molecule has 0 bridgehead atoms. The van der Waals surface area contributed by atoms with Crippen molar-refractivity contribution in [3.8, 4) is 0 Å². The van der Waals surface area contributed by atoms with E-state index in [0.29, 0.717) is 5.56 Å². The van der Waals surface area contributed by atoms with Crippen LogP contribution in [0.15, 0.2) is 36.5 Å². The van der Waals surface area contributed by atoms with E-state index in [2.05, 4.69) is 10.4 Å². The number of benzene rings is 1. The molecule has 0 aliphatic heterocycles. The van der Waals surface area contributed by atoms with Crippen molar-refractivity contribution in [2.24, 2.45) is 0 Å². The fourth-order valence-corrected chi connectivity index (χ4v) is 2.09. The first-order valence-corrected chi connectivity index (χ1v) is 7.21. The van der Waals surface area contributed by atoms with Gasteiger partial charge in [-0.2, -0.15) is 31.4 Å². The van der Waals surface area contributed by atoms with Gasteiger partial charge in [-0.25, -0.2) is 0 Å². The quantitative estimate of drug-likeness (QED) is 0.772. The summed E-state index contributed by atoms with van der Waals surface area (Å²) in [5.41, 5.74) is -1.22. The van der Waals surface area contributed by atoms with Crippen LogP contribution in [0.25, 0.3) is 0 Å². The molecule has 25 heavy (non-hydrogen) atoms. The largest absolute Gasteiger partial charge is 0.435 e. The zero-order valence-electron chi connectivity index (χ0n) is 12.8. The zero-order chi connectivity index (χ0) is 18.7. The SMILES string of the molecule is O[C@@H](CNCc1ccc(C(F)(F)F)cc1)Cn1ccc(C(F)(F)F)n1. The van der Waals surface area contributed by atoms with Gasteiger partial charge >= 0.3 is 12.4 Å². The van der Waals surface area contributed by atoms with E-state index in [1.54, 1.807) is 0 Å². The Morgan fingerprint density at radius 2 is 1.64 bits per heavy atom. The smallest absolute Gasteiger partial charge is 0.390 e. The summed E-state index contributed by atoms with van der Waals surface area (Å²) in [6.45, 7) is 0.112. The molecule has 0 saturated carbocycles. The minimum Gasteiger partial charge on any atom is -0.390 e. The molecule has 1 heterocycles. The van der Waals surface area contributed by atoms with Crippen molar-refractivity contribution in [3.63, 3.8) is 0 Å². The van der Waals surface area contributed by atoms with Crippen LogP contribution >= 0.6 is 0 Å². The molecular weight excluding hydrogens is 352 g/mol. The molecule has 1 atom stereocenters. The maximum atomic E-state index is 12.4. The number of halogens is 6. The van der Waals surface area contributed by atoms with Gasteiger partial charge in [0.15, 0.2) is 5.69 Å². The number of hydrogen-bond donors (Lipinski definition) is 2. The Labute approximate surface area is 139 Å². The maximum Gasteiger partial charge on any atom is 0.435 e. The van der Waals surface area contributed by atoms with Crippen LogP contribution in [0.5, 0.6) is 0 Å². The standard InChI is InChI=1S/C15H15F6N3O/c16-14(17,18)11-3-1-10(2-4-11)7-22-8-12(25)9-24-6-5-13(23-24)15(19,20)21/h1-6,12,22,25H,7-9H2/t12-/m0/s1. The highest BCUT2D eigenvalue weighted by atomic mass is 19.4. The van der Waals surface area contributed by atoms with Crippen molar-refractivity contribution < 1.29 is 31.4 Å². The fraction of sp³-hybridized carbons (Fsp3) is 0.400.